The first-order chi connectivity index (χ1) is 3.39. The Morgan fingerprint density at radius 3 is 1.88 bits per heavy atom. The van der Waals surface area contributed by atoms with E-state index in [-0.39, 0.29) is 70.3 Å². The molecule has 1 aromatic carbocycles. The molecule has 0 amide bonds. The fraction of sp³-hybridized carbons (Fsp3) is 0. The topological polar surface area (TPSA) is 0 Å². The summed E-state index contributed by atoms with van der Waals surface area (Å²) in [4.78, 5) is 1.02. The van der Waals surface area contributed by atoms with Crippen LogP contribution in [0, 0.1) is 0 Å². The minimum absolute atomic E-state index is 0. The van der Waals surface area contributed by atoms with Crippen LogP contribution in [0.3, 0.4) is 0 Å². The molecule has 0 saturated heterocycles. The summed E-state index contributed by atoms with van der Waals surface area (Å²) in [6.07, 6.45) is 0. The van der Waals surface area contributed by atoms with Crippen LogP contribution in [0.15, 0.2) is 35.2 Å². The van der Waals surface area contributed by atoms with Crippen molar-refractivity contribution >= 4 is 12.6 Å². The van der Waals surface area contributed by atoms with Crippen molar-refractivity contribution in [1.82, 2.24) is 0 Å². The Hall–Kier alpha value is 1.62. The summed E-state index contributed by atoms with van der Waals surface area (Å²) in [5.74, 6) is 0. The van der Waals surface area contributed by atoms with E-state index in [1.54, 1.807) is 0 Å². The summed E-state index contributed by atoms with van der Waals surface area (Å²) in [5.41, 5.74) is 0. The van der Waals surface area contributed by atoms with Crippen molar-refractivity contribution in [2.24, 2.45) is 0 Å². The Balaban J connectivity index is 0. The van der Waals surface area contributed by atoms with Crippen LogP contribution in [0.25, 0.3) is 0 Å². The van der Waals surface area contributed by atoms with Gasteiger partial charge >= 0.3 is 68.9 Å². The second-order valence-corrected chi connectivity index (χ2v) is 1.85. The van der Waals surface area contributed by atoms with Gasteiger partial charge in [0.05, 0.1) is 0 Å². The zero-order valence-electron chi connectivity index (χ0n) is 5.83. The van der Waals surface area contributed by atoms with Gasteiger partial charge in [-0.2, -0.15) is 0 Å². The van der Waals surface area contributed by atoms with Gasteiger partial charge in [-0.3, -0.25) is 0 Å². The Kier molecular flexibility index (Phi) is 6.51. The fourth-order valence-corrected chi connectivity index (χ4v) is 0.600. The second kappa shape index (κ2) is 5.41. The number of benzene rings is 1. The normalized spacial score (nSPS) is 7.62. The third kappa shape index (κ3) is 3.61. The van der Waals surface area contributed by atoms with Crippen molar-refractivity contribution in [3.05, 3.63) is 30.3 Å². The summed E-state index contributed by atoms with van der Waals surface area (Å²) in [6.45, 7) is 0. The maximum Gasteiger partial charge on any atom is 1.00 e. The van der Waals surface area contributed by atoms with Gasteiger partial charge in [0.25, 0.3) is 0 Å². The maximum absolute atomic E-state index is 4.08. The molecule has 1 aromatic rings. The smallest absolute Gasteiger partial charge is 1.00 e. The molecule has 0 unspecified atom stereocenters. The largest absolute Gasteiger partial charge is 1.00 e. The third-order valence-corrected chi connectivity index (χ3v) is 1.05. The summed E-state index contributed by atoms with van der Waals surface area (Å²) in [6, 6.07) is 9.79. The van der Waals surface area contributed by atoms with Gasteiger partial charge in [0.15, 0.2) is 0 Å². The number of thiol groups is 1. The second-order valence-electron chi connectivity index (χ2n) is 1.34. The first-order valence-electron chi connectivity index (χ1n) is 2.13. The van der Waals surface area contributed by atoms with E-state index in [2.05, 4.69) is 12.6 Å². The quantitative estimate of drug-likeness (QED) is 0.561. The predicted octanol–water partition coefficient (Wildman–Crippen LogP) is -0.908. The molecule has 0 radical (unpaired) electrons. The SMILES string of the molecule is Sc1ccccc1.[Cs+].[H-]. The molecule has 38 valence electrons. The van der Waals surface area contributed by atoms with Crippen molar-refractivity contribution < 1.29 is 70.3 Å². The molecule has 0 aromatic heterocycles. The van der Waals surface area contributed by atoms with E-state index in [9.17, 15) is 0 Å². The van der Waals surface area contributed by atoms with E-state index in [1.807, 2.05) is 30.3 Å². The van der Waals surface area contributed by atoms with Gasteiger partial charge in [0, 0.05) is 4.90 Å². The van der Waals surface area contributed by atoms with Crippen LogP contribution >= 0.6 is 12.6 Å². The Labute approximate surface area is 115 Å². The molecular weight excluding hydrogens is 237 g/mol. The molecule has 2 heteroatoms. The van der Waals surface area contributed by atoms with Crippen molar-refractivity contribution in [1.29, 1.82) is 0 Å². The molecular formula is C6H7CsS. The average molecular weight is 244 g/mol. The molecule has 0 aliphatic carbocycles. The van der Waals surface area contributed by atoms with Crippen LogP contribution in [0.4, 0.5) is 0 Å². The van der Waals surface area contributed by atoms with Crippen LogP contribution in [0.2, 0.25) is 0 Å². The molecule has 0 aliphatic heterocycles. The molecule has 0 aliphatic rings. The van der Waals surface area contributed by atoms with Crippen LogP contribution in [0.1, 0.15) is 1.43 Å². The van der Waals surface area contributed by atoms with Crippen LogP contribution in [-0.4, -0.2) is 0 Å². The van der Waals surface area contributed by atoms with Gasteiger partial charge in [-0.25, -0.2) is 0 Å². The van der Waals surface area contributed by atoms with Gasteiger partial charge in [-0.05, 0) is 12.1 Å². The molecule has 1 rings (SSSR count). The number of hydrogen-bond donors (Lipinski definition) is 1. The van der Waals surface area contributed by atoms with Crippen molar-refractivity contribution in [3.8, 4) is 0 Å². The van der Waals surface area contributed by atoms with Crippen molar-refractivity contribution in [2.45, 2.75) is 4.90 Å². The first kappa shape index (κ1) is 9.62. The molecule has 8 heavy (non-hydrogen) atoms. The van der Waals surface area contributed by atoms with Crippen LogP contribution < -0.4 is 68.9 Å². The number of hydrogen-bond acceptors (Lipinski definition) is 1. The van der Waals surface area contributed by atoms with E-state index in [0.717, 1.165) is 4.90 Å². The Bertz CT molecular complexity index is 143. The zero-order valence-corrected chi connectivity index (χ0v) is 12.0. The standard InChI is InChI=1S/C6H6S.Cs.H/c7-6-4-2-1-3-5-6;;/h1-5,7H;;/q;+1;-1. The molecule has 0 bridgehead atoms. The average Bonchev–Trinajstić information content (AvgIpc) is 1.69. The van der Waals surface area contributed by atoms with E-state index in [1.165, 1.54) is 0 Å². The zero-order chi connectivity index (χ0) is 5.11. The first-order valence-corrected chi connectivity index (χ1v) is 2.58. The Morgan fingerprint density at radius 2 is 1.62 bits per heavy atom. The molecule has 0 atom stereocenters. The molecule has 0 fully saturated rings. The molecule has 0 N–H and O–H groups in total. The van der Waals surface area contributed by atoms with Crippen LogP contribution in [-0.2, 0) is 0 Å². The van der Waals surface area contributed by atoms with Gasteiger partial charge in [0.2, 0.25) is 0 Å². The molecule has 0 spiro atoms. The van der Waals surface area contributed by atoms with Crippen molar-refractivity contribution in [3.63, 3.8) is 0 Å². The fourth-order valence-electron chi connectivity index (χ4n) is 0.428. The maximum atomic E-state index is 4.08. The van der Waals surface area contributed by atoms with E-state index >= 15 is 0 Å². The monoisotopic (exact) mass is 244 g/mol. The molecule has 0 heterocycles. The minimum Gasteiger partial charge on any atom is -1.00 e. The molecule has 0 saturated carbocycles. The third-order valence-electron chi connectivity index (χ3n) is 0.756. The van der Waals surface area contributed by atoms with E-state index in [0.29, 0.717) is 0 Å². The van der Waals surface area contributed by atoms with E-state index < -0.39 is 0 Å². The summed E-state index contributed by atoms with van der Waals surface area (Å²) in [5, 5.41) is 0. The predicted molar refractivity (Wildman–Crippen MR) is 34.8 cm³/mol. The van der Waals surface area contributed by atoms with Crippen LogP contribution in [0.5, 0.6) is 0 Å². The Morgan fingerprint density at radius 1 is 1.12 bits per heavy atom. The van der Waals surface area contributed by atoms with Gasteiger partial charge in [-0.15, -0.1) is 12.6 Å². The number of rotatable bonds is 0. The van der Waals surface area contributed by atoms with E-state index in [4.69, 9.17) is 0 Å². The van der Waals surface area contributed by atoms with Gasteiger partial charge < -0.3 is 1.43 Å². The molecule has 0 nitrogen and oxygen atoms in total. The van der Waals surface area contributed by atoms with Gasteiger partial charge in [-0.1, -0.05) is 18.2 Å². The summed E-state index contributed by atoms with van der Waals surface area (Å²) in [7, 11) is 0. The summed E-state index contributed by atoms with van der Waals surface area (Å²) < 4.78 is 0. The van der Waals surface area contributed by atoms with Gasteiger partial charge in [0.1, 0.15) is 0 Å². The summed E-state index contributed by atoms with van der Waals surface area (Å²) >= 11 is 4.08. The minimum atomic E-state index is 0. The van der Waals surface area contributed by atoms with Crippen molar-refractivity contribution in [2.75, 3.05) is 0 Å².